The predicted molar refractivity (Wildman–Crippen MR) is 119 cm³/mol. The number of carbonyl (C=O) groups is 1. The van der Waals surface area contributed by atoms with E-state index in [1.54, 1.807) is 6.08 Å². The fourth-order valence-electron chi connectivity index (χ4n) is 7.01. The molecule has 156 valence electrons. The molecule has 2 aromatic carbocycles. The Morgan fingerprint density at radius 1 is 1.03 bits per heavy atom. The van der Waals surface area contributed by atoms with Gasteiger partial charge in [0, 0.05) is 11.6 Å². The minimum atomic E-state index is -0.940. The summed E-state index contributed by atoms with van der Waals surface area (Å²) in [6, 6.07) is 12.3. The van der Waals surface area contributed by atoms with Gasteiger partial charge >= 0.3 is 5.97 Å². The van der Waals surface area contributed by atoms with Crippen molar-refractivity contribution in [2.45, 2.75) is 57.3 Å². The molecule has 0 spiro atoms. The standard InChI is InChI=1S/C27H30O3/c1-2-21-5-3-17(4-8-26(29)30)12-23(21)22-6-7-25(28)24(13-22)27-14-18-9-19(15-27)11-20(10-18)16-27/h3-8,12-13,18-20,28H,2,9-11,14-16H2,1H3,(H,29,30). The summed E-state index contributed by atoms with van der Waals surface area (Å²) >= 11 is 0. The molecular weight excluding hydrogens is 372 g/mol. The third-order valence-corrected chi connectivity index (χ3v) is 7.85. The van der Waals surface area contributed by atoms with Crippen molar-refractivity contribution in [2.75, 3.05) is 0 Å². The highest BCUT2D eigenvalue weighted by Crippen LogP contribution is 2.62. The lowest BCUT2D eigenvalue weighted by Crippen LogP contribution is -2.48. The molecule has 4 aliphatic rings. The van der Waals surface area contributed by atoms with E-state index in [2.05, 4.69) is 25.1 Å². The number of phenols is 1. The molecule has 0 aromatic heterocycles. The Balaban J connectivity index is 1.57. The zero-order valence-electron chi connectivity index (χ0n) is 17.6. The molecule has 0 unspecified atom stereocenters. The van der Waals surface area contributed by atoms with Crippen molar-refractivity contribution in [2.24, 2.45) is 17.8 Å². The number of hydrogen-bond donors (Lipinski definition) is 2. The number of aliphatic carboxylic acids is 1. The second-order valence-corrected chi connectivity index (χ2v) is 9.87. The Labute approximate surface area is 178 Å². The quantitative estimate of drug-likeness (QED) is 0.587. The first kappa shape index (κ1) is 19.4. The Hall–Kier alpha value is -2.55. The van der Waals surface area contributed by atoms with Crippen LogP contribution in [0.5, 0.6) is 5.75 Å². The van der Waals surface area contributed by atoms with Crippen molar-refractivity contribution in [1.29, 1.82) is 0 Å². The SMILES string of the molecule is CCc1ccc(C=CC(=O)O)cc1-c1ccc(O)c(C23CC4CC(CC(C4)C2)C3)c1. The van der Waals surface area contributed by atoms with Gasteiger partial charge in [-0.2, -0.15) is 0 Å². The van der Waals surface area contributed by atoms with Crippen LogP contribution in [0.1, 0.15) is 62.1 Å². The predicted octanol–water partition coefficient (Wildman–Crippen LogP) is 6.19. The lowest BCUT2D eigenvalue weighted by molar-refractivity contribution is -0.131. The molecule has 6 rings (SSSR count). The largest absolute Gasteiger partial charge is 0.508 e. The van der Waals surface area contributed by atoms with Gasteiger partial charge in [-0.3, -0.25) is 0 Å². The van der Waals surface area contributed by atoms with Gasteiger partial charge in [-0.1, -0.05) is 25.1 Å². The molecule has 2 N–H and O–H groups in total. The van der Waals surface area contributed by atoms with Crippen LogP contribution in [-0.4, -0.2) is 16.2 Å². The van der Waals surface area contributed by atoms with Crippen molar-refractivity contribution < 1.29 is 15.0 Å². The number of carboxylic acids is 1. The summed E-state index contributed by atoms with van der Waals surface area (Å²) in [7, 11) is 0. The Kier molecular flexibility index (Phi) is 4.72. The van der Waals surface area contributed by atoms with Crippen LogP contribution in [0.3, 0.4) is 0 Å². The summed E-state index contributed by atoms with van der Waals surface area (Å²) in [5, 5.41) is 19.9. The first-order chi connectivity index (χ1) is 14.5. The van der Waals surface area contributed by atoms with E-state index in [0.29, 0.717) is 5.75 Å². The Morgan fingerprint density at radius 2 is 1.70 bits per heavy atom. The van der Waals surface area contributed by atoms with Crippen LogP contribution in [0.4, 0.5) is 0 Å². The number of rotatable bonds is 5. The minimum Gasteiger partial charge on any atom is -0.508 e. The highest BCUT2D eigenvalue weighted by Gasteiger charge is 2.52. The summed E-state index contributed by atoms with van der Waals surface area (Å²) in [6.07, 6.45) is 11.6. The number of hydrogen-bond acceptors (Lipinski definition) is 2. The van der Waals surface area contributed by atoms with E-state index < -0.39 is 5.97 Å². The van der Waals surface area contributed by atoms with Crippen LogP contribution in [0.15, 0.2) is 42.5 Å². The van der Waals surface area contributed by atoms with E-state index in [0.717, 1.165) is 46.4 Å². The molecule has 0 heterocycles. The molecule has 4 fully saturated rings. The molecule has 4 bridgehead atoms. The van der Waals surface area contributed by atoms with Crippen LogP contribution in [0.25, 0.3) is 17.2 Å². The van der Waals surface area contributed by atoms with Crippen molar-refractivity contribution in [3.8, 4) is 16.9 Å². The van der Waals surface area contributed by atoms with Crippen LogP contribution in [0.2, 0.25) is 0 Å². The number of phenolic OH excluding ortho intramolecular Hbond substituents is 1. The van der Waals surface area contributed by atoms with Gasteiger partial charge in [0.05, 0.1) is 0 Å². The normalized spacial score (nSPS) is 29.6. The van der Waals surface area contributed by atoms with Crippen LogP contribution < -0.4 is 0 Å². The van der Waals surface area contributed by atoms with Gasteiger partial charge in [-0.25, -0.2) is 4.79 Å². The second-order valence-electron chi connectivity index (χ2n) is 9.87. The van der Waals surface area contributed by atoms with Gasteiger partial charge < -0.3 is 10.2 Å². The first-order valence-electron chi connectivity index (χ1n) is 11.3. The average molecular weight is 403 g/mol. The summed E-state index contributed by atoms with van der Waals surface area (Å²) in [6.45, 7) is 2.14. The van der Waals surface area contributed by atoms with Gasteiger partial charge in [0.1, 0.15) is 5.75 Å². The van der Waals surface area contributed by atoms with Crippen molar-refractivity contribution in [1.82, 2.24) is 0 Å². The zero-order chi connectivity index (χ0) is 20.9. The molecule has 0 radical (unpaired) electrons. The van der Waals surface area contributed by atoms with Gasteiger partial charge in [-0.15, -0.1) is 0 Å². The fraction of sp³-hybridized carbons (Fsp3) is 0.444. The summed E-state index contributed by atoms with van der Waals surface area (Å²) in [5.74, 6) is 1.99. The van der Waals surface area contributed by atoms with Crippen molar-refractivity contribution in [3.63, 3.8) is 0 Å². The van der Waals surface area contributed by atoms with Crippen molar-refractivity contribution in [3.05, 3.63) is 59.2 Å². The average Bonchev–Trinajstić information content (AvgIpc) is 2.71. The molecule has 30 heavy (non-hydrogen) atoms. The molecule has 0 saturated heterocycles. The topological polar surface area (TPSA) is 57.5 Å². The van der Waals surface area contributed by atoms with E-state index in [4.69, 9.17) is 5.11 Å². The maximum Gasteiger partial charge on any atom is 0.328 e. The second kappa shape index (κ2) is 7.30. The van der Waals surface area contributed by atoms with E-state index >= 15 is 0 Å². The van der Waals surface area contributed by atoms with E-state index in [9.17, 15) is 9.90 Å². The first-order valence-corrected chi connectivity index (χ1v) is 11.3. The minimum absolute atomic E-state index is 0.141. The number of benzene rings is 2. The molecule has 3 nitrogen and oxygen atoms in total. The Morgan fingerprint density at radius 3 is 2.30 bits per heavy atom. The number of carboxylic acid groups (broad SMARTS) is 1. The monoisotopic (exact) mass is 402 g/mol. The van der Waals surface area contributed by atoms with Gasteiger partial charge in [0.25, 0.3) is 0 Å². The molecule has 4 aliphatic carbocycles. The van der Waals surface area contributed by atoms with Gasteiger partial charge in [0.2, 0.25) is 0 Å². The summed E-state index contributed by atoms with van der Waals surface area (Å²) in [4.78, 5) is 10.9. The number of aromatic hydroxyl groups is 1. The lowest BCUT2D eigenvalue weighted by atomic mass is 9.48. The van der Waals surface area contributed by atoms with Gasteiger partial charge in [0.15, 0.2) is 0 Å². The molecule has 3 heteroatoms. The molecule has 0 amide bonds. The van der Waals surface area contributed by atoms with Crippen LogP contribution in [-0.2, 0) is 16.6 Å². The Bertz CT molecular complexity index is 981. The third kappa shape index (κ3) is 3.34. The van der Waals surface area contributed by atoms with Crippen molar-refractivity contribution >= 4 is 12.0 Å². The lowest BCUT2D eigenvalue weighted by Gasteiger charge is -2.57. The van der Waals surface area contributed by atoms with Crippen LogP contribution >= 0.6 is 0 Å². The third-order valence-electron chi connectivity index (χ3n) is 7.85. The van der Waals surface area contributed by atoms with Crippen LogP contribution in [0, 0.1) is 17.8 Å². The van der Waals surface area contributed by atoms with E-state index in [1.807, 2.05) is 18.2 Å². The smallest absolute Gasteiger partial charge is 0.328 e. The number of aryl methyl sites for hydroxylation is 1. The fourth-order valence-corrected chi connectivity index (χ4v) is 7.01. The highest BCUT2D eigenvalue weighted by molar-refractivity contribution is 5.86. The van der Waals surface area contributed by atoms with Gasteiger partial charge in [-0.05, 0) is 115 Å². The maximum atomic E-state index is 10.9. The van der Waals surface area contributed by atoms with E-state index in [1.165, 1.54) is 50.2 Å². The summed E-state index contributed by atoms with van der Waals surface area (Å²) < 4.78 is 0. The molecule has 0 atom stereocenters. The molecule has 4 saturated carbocycles. The summed E-state index contributed by atoms with van der Waals surface area (Å²) in [5.41, 5.74) is 5.67. The molecular formula is C27H30O3. The zero-order valence-corrected chi connectivity index (χ0v) is 17.6. The maximum absolute atomic E-state index is 10.9. The molecule has 0 aliphatic heterocycles. The van der Waals surface area contributed by atoms with E-state index in [-0.39, 0.29) is 5.41 Å². The molecule has 2 aromatic rings. The highest BCUT2D eigenvalue weighted by atomic mass is 16.4.